The molecular weight excluding hydrogens is 372 g/mol. The number of nitrogens with zero attached hydrogens (tertiary/aromatic N) is 2. The van der Waals surface area contributed by atoms with Crippen LogP contribution in [0.4, 0.5) is 10.5 Å². The SMILES string of the molecule is CCCCCCNC(=O)c1csc(CN(C(=O)Nc2ccccc2)C(C)C)n1. The van der Waals surface area contributed by atoms with Gasteiger partial charge in [0.2, 0.25) is 0 Å². The van der Waals surface area contributed by atoms with E-state index >= 15 is 0 Å². The lowest BCUT2D eigenvalue weighted by Gasteiger charge is -2.26. The third-order valence-electron chi connectivity index (χ3n) is 4.32. The van der Waals surface area contributed by atoms with Crippen LogP contribution < -0.4 is 10.6 Å². The van der Waals surface area contributed by atoms with Crippen molar-refractivity contribution in [2.75, 3.05) is 11.9 Å². The molecule has 0 spiro atoms. The molecule has 0 bridgehead atoms. The van der Waals surface area contributed by atoms with E-state index in [1.165, 1.54) is 24.2 Å². The van der Waals surface area contributed by atoms with Crippen LogP contribution in [0.15, 0.2) is 35.7 Å². The number of carbonyl (C=O) groups is 2. The fourth-order valence-electron chi connectivity index (χ4n) is 2.68. The molecular formula is C21H30N4O2S. The normalized spacial score (nSPS) is 10.7. The molecule has 0 aliphatic heterocycles. The number of rotatable bonds is 10. The predicted octanol–water partition coefficient (Wildman–Crippen LogP) is 4.90. The Bertz CT molecular complexity index is 746. The largest absolute Gasteiger partial charge is 0.351 e. The van der Waals surface area contributed by atoms with Crippen molar-refractivity contribution < 1.29 is 9.59 Å². The number of hydrogen-bond acceptors (Lipinski definition) is 4. The van der Waals surface area contributed by atoms with Crippen LogP contribution in [0, 0.1) is 0 Å². The van der Waals surface area contributed by atoms with Crippen LogP contribution in [0.25, 0.3) is 0 Å². The number of nitrogens with one attached hydrogen (secondary N) is 2. The first-order chi connectivity index (χ1) is 13.5. The molecule has 0 unspecified atom stereocenters. The van der Waals surface area contributed by atoms with Gasteiger partial charge in [-0.15, -0.1) is 11.3 Å². The zero-order valence-electron chi connectivity index (χ0n) is 16.9. The van der Waals surface area contributed by atoms with E-state index in [1.54, 1.807) is 10.3 Å². The maximum absolute atomic E-state index is 12.6. The highest BCUT2D eigenvalue weighted by molar-refractivity contribution is 7.09. The second-order valence-electron chi connectivity index (χ2n) is 6.96. The summed E-state index contributed by atoms with van der Waals surface area (Å²) in [5.41, 5.74) is 1.17. The van der Waals surface area contributed by atoms with Gasteiger partial charge in [0.25, 0.3) is 5.91 Å². The number of anilines is 1. The van der Waals surface area contributed by atoms with Crippen LogP contribution in [0.3, 0.4) is 0 Å². The van der Waals surface area contributed by atoms with E-state index in [9.17, 15) is 9.59 Å². The van der Waals surface area contributed by atoms with Gasteiger partial charge in [-0.1, -0.05) is 44.4 Å². The summed E-state index contributed by atoms with van der Waals surface area (Å²) >= 11 is 1.40. The van der Waals surface area contributed by atoms with Gasteiger partial charge in [0, 0.05) is 23.7 Å². The first kappa shape index (κ1) is 21.9. The summed E-state index contributed by atoms with van der Waals surface area (Å²) in [6.45, 7) is 7.12. The molecule has 2 aromatic rings. The highest BCUT2D eigenvalue weighted by atomic mass is 32.1. The number of benzene rings is 1. The van der Waals surface area contributed by atoms with E-state index in [0.29, 0.717) is 18.8 Å². The van der Waals surface area contributed by atoms with Crippen LogP contribution in [-0.4, -0.2) is 34.4 Å². The second kappa shape index (κ2) is 11.4. The topological polar surface area (TPSA) is 74.3 Å². The van der Waals surface area contributed by atoms with E-state index in [2.05, 4.69) is 22.5 Å². The minimum atomic E-state index is -0.182. The monoisotopic (exact) mass is 402 g/mol. The fraction of sp³-hybridized carbons (Fsp3) is 0.476. The summed E-state index contributed by atoms with van der Waals surface area (Å²) in [5, 5.41) is 8.32. The Labute approximate surface area is 171 Å². The summed E-state index contributed by atoms with van der Waals surface area (Å²) in [6.07, 6.45) is 4.47. The molecule has 1 aromatic carbocycles. The zero-order chi connectivity index (χ0) is 20.4. The van der Waals surface area contributed by atoms with Crippen molar-refractivity contribution >= 4 is 29.0 Å². The van der Waals surface area contributed by atoms with E-state index in [4.69, 9.17) is 0 Å². The van der Waals surface area contributed by atoms with Gasteiger partial charge in [0.1, 0.15) is 10.7 Å². The average Bonchev–Trinajstić information content (AvgIpc) is 3.15. The molecule has 0 aliphatic carbocycles. The maximum atomic E-state index is 12.6. The molecule has 0 aliphatic rings. The average molecular weight is 403 g/mol. The van der Waals surface area contributed by atoms with Crippen LogP contribution in [0.5, 0.6) is 0 Å². The lowest BCUT2D eigenvalue weighted by molar-refractivity contribution is 0.0948. The molecule has 0 atom stereocenters. The summed E-state index contributed by atoms with van der Waals surface area (Å²) in [6, 6.07) is 9.18. The van der Waals surface area contributed by atoms with Gasteiger partial charge in [0.15, 0.2) is 0 Å². The van der Waals surface area contributed by atoms with Crippen molar-refractivity contribution in [3.8, 4) is 0 Å². The summed E-state index contributed by atoms with van der Waals surface area (Å²) < 4.78 is 0. The molecule has 0 radical (unpaired) electrons. The van der Waals surface area contributed by atoms with Gasteiger partial charge in [-0.2, -0.15) is 0 Å². The molecule has 6 nitrogen and oxygen atoms in total. The number of carbonyl (C=O) groups excluding carboxylic acids is 2. The van der Waals surface area contributed by atoms with E-state index in [1.807, 2.05) is 44.2 Å². The number of thiazole rings is 1. The van der Waals surface area contributed by atoms with Gasteiger partial charge in [-0.3, -0.25) is 4.79 Å². The Morgan fingerprint density at radius 3 is 2.57 bits per heavy atom. The highest BCUT2D eigenvalue weighted by Crippen LogP contribution is 2.16. The van der Waals surface area contributed by atoms with Crippen molar-refractivity contribution in [2.45, 2.75) is 59.0 Å². The first-order valence-corrected chi connectivity index (χ1v) is 10.7. The Balaban J connectivity index is 1.91. The molecule has 0 saturated carbocycles. The van der Waals surface area contributed by atoms with Crippen LogP contribution >= 0.6 is 11.3 Å². The van der Waals surface area contributed by atoms with E-state index in [-0.39, 0.29) is 18.0 Å². The van der Waals surface area contributed by atoms with Crippen LogP contribution in [0.1, 0.15) is 62.0 Å². The predicted molar refractivity (Wildman–Crippen MR) is 115 cm³/mol. The summed E-state index contributed by atoms with van der Waals surface area (Å²) in [5.74, 6) is -0.149. The Hall–Kier alpha value is -2.41. The second-order valence-corrected chi connectivity index (χ2v) is 7.90. The number of para-hydroxylation sites is 1. The summed E-state index contributed by atoms with van der Waals surface area (Å²) in [4.78, 5) is 31.0. The molecule has 0 fully saturated rings. The molecule has 1 aromatic heterocycles. The molecule has 2 rings (SSSR count). The molecule has 152 valence electrons. The quantitative estimate of drug-likeness (QED) is 0.555. The van der Waals surface area contributed by atoms with Gasteiger partial charge in [-0.05, 0) is 32.4 Å². The smallest absolute Gasteiger partial charge is 0.322 e. The lowest BCUT2D eigenvalue weighted by atomic mass is 10.2. The highest BCUT2D eigenvalue weighted by Gasteiger charge is 2.20. The molecule has 7 heteroatoms. The number of urea groups is 1. The van der Waals surface area contributed by atoms with Crippen molar-refractivity contribution in [1.82, 2.24) is 15.2 Å². The number of unbranched alkanes of at least 4 members (excludes halogenated alkanes) is 3. The van der Waals surface area contributed by atoms with E-state index < -0.39 is 0 Å². The van der Waals surface area contributed by atoms with Crippen molar-refractivity contribution in [1.29, 1.82) is 0 Å². The van der Waals surface area contributed by atoms with Crippen molar-refractivity contribution in [3.63, 3.8) is 0 Å². The first-order valence-electron chi connectivity index (χ1n) is 9.86. The Morgan fingerprint density at radius 1 is 1.14 bits per heavy atom. The maximum Gasteiger partial charge on any atom is 0.322 e. The van der Waals surface area contributed by atoms with Gasteiger partial charge in [0.05, 0.1) is 6.54 Å². The third-order valence-corrected chi connectivity index (χ3v) is 5.15. The molecule has 2 N–H and O–H groups in total. The minimum absolute atomic E-state index is 0.00320. The lowest BCUT2D eigenvalue weighted by Crippen LogP contribution is -2.39. The van der Waals surface area contributed by atoms with Gasteiger partial charge >= 0.3 is 6.03 Å². The number of aromatic nitrogens is 1. The van der Waals surface area contributed by atoms with Crippen molar-refractivity contribution in [3.05, 3.63) is 46.4 Å². The van der Waals surface area contributed by atoms with Gasteiger partial charge in [-0.25, -0.2) is 9.78 Å². The number of amides is 3. The van der Waals surface area contributed by atoms with Crippen LogP contribution in [-0.2, 0) is 6.54 Å². The zero-order valence-corrected chi connectivity index (χ0v) is 17.7. The molecule has 28 heavy (non-hydrogen) atoms. The van der Waals surface area contributed by atoms with E-state index in [0.717, 1.165) is 23.5 Å². The van der Waals surface area contributed by atoms with Crippen molar-refractivity contribution in [2.24, 2.45) is 0 Å². The van der Waals surface area contributed by atoms with Gasteiger partial charge < -0.3 is 15.5 Å². The Kier molecular flexibility index (Phi) is 8.94. The molecule has 1 heterocycles. The standard InChI is InChI=1S/C21H30N4O2S/c1-4-5-6-10-13-22-20(26)18-15-28-19(24-18)14-25(16(2)3)21(27)23-17-11-8-7-9-12-17/h7-9,11-12,15-16H,4-6,10,13-14H2,1-3H3,(H,22,26)(H,23,27). The minimum Gasteiger partial charge on any atom is -0.351 e. The van der Waals surface area contributed by atoms with Crippen LogP contribution in [0.2, 0.25) is 0 Å². The molecule has 0 saturated heterocycles. The molecule has 3 amide bonds. The Morgan fingerprint density at radius 2 is 1.89 bits per heavy atom. The summed E-state index contributed by atoms with van der Waals surface area (Å²) in [7, 11) is 0. The third kappa shape index (κ3) is 6.96. The number of hydrogen-bond donors (Lipinski definition) is 2. The fourth-order valence-corrected chi connectivity index (χ4v) is 3.46.